The number of hydrogen-bond donors (Lipinski definition) is 2. The highest BCUT2D eigenvalue weighted by Crippen LogP contribution is 2.24. The fourth-order valence-corrected chi connectivity index (χ4v) is 3.80. The van der Waals surface area contributed by atoms with Crippen LogP contribution in [0.15, 0.2) is 46.8 Å². The van der Waals surface area contributed by atoms with Gasteiger partial charge in [0.15, 0.2) is 5.96 Å². The summed E-state index contributed by atoms with van der Waals surface area (Å²) in [5.41, 5.74) is 0.879. The number of hydrogen-bond acceptors (Lipinski definition) is 3. The van der Waals surface area contributed by atoms with Crippen LogP contribution < -0.4 is 15.5 Å². The van der Waals surface area contributed by atoms with Gasteiger partial charge in [0, 0.05) is 25.7 Å². The molecule has 1 aromatic heterocycles. The van der Waals surface area contributed by atoms with Gasteiger partial charge in [-0.25, -0.2) is 9.38 Å². The summed E-state index contributed by atoms with van der Waals surface area (Å²) >= 11 is 1.80. The zero-order valence-electron chi connectivity index (χ0n) is 14.5. The molecule has 0 spiro atoms. The quantitative estimate of drug-likeness (QED) is 0.632. The molecule has 1 aliphatic heterocycles. The Balaban J connectivity index is 1.54. The highest BCUT2D eigenvalue weighted by molar-refractivity contribution is 7.14. The number of anilines is 1. The van der Waals surface area contributed by atoms with Gasteiger partial charge in [0.05, 0.1) is 11.5 Å². The summed E-state index contributed by atoms with van der Waals surface area (Å²) in [5, 5.41) is 10.3. The van der Waals surface area contributed by atoms with Gasteiger partial charge in [0.25, 0.3) is 0 Å². The Labute approximate surface area is 152 Å². The van der Waals surface area contributed by atoms with Gasteiger partial charge in [-0.1, -0.05) is 12.1 Å². The number of benzene rings is 1. The van der Waals surface area contributed by atoms with Crippen molar-refractivity contribution in [2.45, 2.75) is 32.4 Å². The molecule has 4 nitrogen and oxygen atoms in total. The summed E-state index contributed by atoms with van der Waals surface area (Å²) in [7, 11) is 0. The van der Waals surface area contributed by atoms with E-state index in [2.05, 4.69) is 45.0 Å². The highest BCUT2D eigenvalue weighted by atomic mass is 32.1. The van der Waals surface area contributed by atoms with Crippen LogP contribution >= 0.6 is 11.3 Å². The molecule has 0 aliphatic carbocycles. The first-order valence-corrected chi connectivity index (χ1v) is 9.70. The molecule has 0 bridgehead atoms. The average molecular weight is 361 g/mol. The van der Waals surface area contributed by atoms with Crippen LogP contribution in [-0.4, -0.2) is 31.6 Å². The van der Waals surface area contributed by atoms with E-state index in [4.69, 9.17) is 0 Å². The van der Waals surface area contributed by atoms with E-state index in [-0.39, 0.29) is 5.82 Å². The summed E-state index contributed by atoms with van der Waals surface area (Å²) in [6.07, 6.45) is 2.17. The molecular formula is C19H25FN4S. The van der Waals surface area contributed by atoms with Gasteiger partial charge in [-0.15, -0.1) is 11.3 Å². The molecule has 1 aromatic carbocycles. The molecule has 2 aromatic rings. The monoisotopic (exact) mass is 360 g/mol. The minimum Gasteiger partial charge on any atom is -0.363 e. The van der Waals surface area contributed by atoms with Gasteiger partial charge >= 0.3 is 0 Å². The van der Waals surface area contributed by atoms with Gasteiger partial charge in [-0.2, -0.15) is 0 Å². The van der Waals surface area contributed by atoms with Crippen molar-refractivity contribution in [3.05, 3.63) is 53.2 Å². The van der Waals surface area contributed by atoms with Crippen molar-refractivity contribution in [2.24, 2.45) is 4.99 Å². The third-order valence-corrected chi connectivity index (χ3v) is 5.24. The molecule has 3 rings (SSSR count). The number of aliphatic imine (C=N–C) groups is 1. The Bertz CT molecular complexity index is 678. The van der Waals surface area contributed by atoms with Crippen LogP contribution in [0.1, 0.15) is 25.3 Å². The SMILES string of the molecule is CCNC(=NCc1cccc(F)c1)NC1CCN(c2cccs2)CC1. The number of nitrogens with zero attached hydrogens (tertiary/aromatic N) is 2. The van der Waals surface area contributed by atoms with Crippen LogP contribution in [0.25, 0.3) is 0 Å². The fourth-order valence-electron chi connectivity index (χ4n) is 3.01. The van der Waals surface area contributed by atoms with Crippen molar-refractivity contribution < 1.29 is 4.39 Å². The van der Waals surface area contributed by atoms with Crippen molar-refractivity contribution in [1.82, 2.24) is 10.6 Å². The summed E-state index contributed by atoms with van der Waals surface area (Å²) < 4.78 is 13.3. The third-order valence-electron chi connectivity index (χ3n) is 4.31. The molecule has 0 atom stereocenters. The van der Waals surface area contributed by atoms with Crippen LogP contribution in [0, 0.1) is 5.82 Å². The maximum absolute atomic E-state index is 13.3. The van der Waals surface area contributed by atoms with Crippen LogP contribution in [-0.2, 0) is 6.54 Å². The molecule has 1 saturated heterocycles. The lowest BCUT2D eigenvalue weighted by Crippen LogP contribution is -2.48. The second-order valence-electron chi connectivity index (χ2n) is 6.18. The zero-order valence-corrected chi connectivity index (χ0v) is 15.4. The molecule has 25 heavy (non-hydrogen) atoms. The normalized spacial score (nSPS) is 16.1. The highest BCUT2D eigenvalue weighted by Gasteiger charge is 2.20. The smallest absolute Gasteiger partial charge is 0.191 e. The van der Waals surface area contributed by atoms with E-state index < -0.39 is 0 Å². The van der Waals surface area contributed by atoms with E-state index in [1.807, 2.05) is 6.07 Å². The van der Waals surface area contributed by atoms with Gasteiger partial charge < -0.3 is 15.5 Å². The summed E-state index contributed by atoms with van der Waals surface area (Å²) in [4.78, 5) is 7.05. The number of rotatable bonds is 5. The third kappa shape index (κ3) is 5.19. The predicted molar refractivity (Wildman–Crippen MR) is 104 cm³/mol. The molecule has 0 amide bonds. The first kappa shape index (κ1) is 17.7. The average Bonchev–Trinajstić information content (AvgIpc) is 3.15. The Morgan fingerprint density at radius 1 is 1.28 bits per heavy atom. The maximum atomic E-state index is 13.3. The molecule has 0 saturated carbocycles. The molecule has 2 heterocycles. The number of nitrogens with one attached hydrogen (secondary N) is 2. The van der Waals surface area contributed by atoms with E-state index in [1.54, 1.807) is 17.4 Å². The first-order valence-electron chi connectivity index (χ1n) is 8.82. The number of thiophene rings is 1. The minimum absolute atomic E-state index is 0.216. The minimum atomic E-state index is -0.216. The lowest BCUT2D eigenvalue weighted by atomic mass is 10.1. The van der Waals surface area contributed by atoms with Crippen LogP contribution in [0.2, 0.25) is 0 Å². The van der Waals surface area contributed by atoms with Gasteiger partial charge in [-0.3, -0.25) is 0 Å². The zero-order chi connectivity index (χ0) is 17.5. The second-order valence-corrected chi connectivity index (χ2v) is 7.11. The molecule has 0 radical (unpaired) electrons. The van der Waals surface area contributed by atoms with E-state index in [9.17, 15) is 4.39 Å². The lowest BCUT2D eigenvalue weighted by Gasteiger charge is -2.33. The lowest BCUT2D eigenvalue weighted by molar-refractivity contribution is 0.463. The summed E-state index contributed by atoms with van der Waals surface area (Å²) in [6.45, 7) is 5.45. The summed E-state index contributed by atoms with van der Waals surface area (Å²) in [5.74, 6) is 0.591. The van der Waals surface area contributed by atoms with Crippen LogP contribution in [0.3, 0.4) is 0 Å². The topological polar surface area (TPSA) is 39.7 Å². The van der Waals surface area contributed by atoms with Crippen LogP contribution in [0.4, 0.5) is 9.39 Å². The maximum Gasteiger partial charge on any atom is 0.191 e. The van der Waals surface area contributed by atoms with Gasteiger partial charge in [0.2, 0.25) is 0 Å². The largest absolute Gasteiger partial charge is 0.363 e. The predicted octanol–water partition coefficient (Wildman–Crippen LogP) is 3.61. The van der Waals surface area contributed by atoms with Crippen molar-refractivity contribution in [3.8, 4) is 0 Å². The Hall–Kier alpha value is -2.08. The van der Waals surface area contributed by atoms with Gasteiger partial charge in [0.1, 0.15) is 5.82 Å². The molecular weight excluding hydrogens is 335 g/mol. The number of halogens is 1. The van der Waals surface area contributed by atoms with E-state index in [0.717, 1.165) is 44.0 Å². The van der Waals surface area contributed by atoms with Gasteiger partial charge in [-0.05, 0) is 55.0 Å². The molecule has 1 aliphatic rings. The van der Waals surface area contributed by atoms with Crippen molar-refractivity contribution >= 4 is 22.3 Å². The van der Waals surface area contributed by atoms with Crippen LogP contribution in [0.5, 0.6) is 0 Å². The van der Waals surface area contributed by atoms with Crippen molar-refractivity contribution in [1.29, 1.82) is 0 Å². The van der Waals surface area contributed by atoms with E-state index >= 15 is 0 Å². The standard InChI is InChI=1S/C19H25FN4S/c1-2-21-19(22-14-15-5-3-6-16(20)13-15)23-17-8-10-24(11-9-17)18-7-4-12-25-18/h3-7,12-13,17H,2,8-11,14H2,1H3,(H2,21,22,23). The number of piperidine rings is 1. The van der Waals surface area contributed by atoms with Crippen molar-refractivity contribution in [2.75, 3.05) is 24.5 Å². The molecule has 6 heteroatoms. The molecule has 134 valence electrons. The molecule has 1 fully saturated rings. The summed E-state index contributed by atoms with van der Waals surface area (Å²) in [6, 6.07) is 11.3. The first-order chi connectivity index (χ1) is 12.2. The Morgan fingerprint density at radius 2 is 2.12 bits per heavy atom. The van der Waals surface area contributed by atoms with Crippen molar-refractivity contribution in [3.63, 3.8) is 0 Å². The number of guanidine groups is 1. The fraction of sp³-hybridized carbons (Fsp3) is 0.421. The molecule has 0 unspecified atom stereocenters. The Kier molecular flexibility index (Phi) is 6.28. The second kappa shape index (κ2) is 8.85. The van der Waals surface area contributed by atoms with E-state index in [1.165, 1.54) is 17.1 Å². The molecule has 2 N–H and O–H groups in total. The Morgan fingerprint density at radius 3 is 2.80 bits per heavy atom. The van der Waals surface area contributed by atoms with E-state index in [0.29, 0.717) is 12.6 Å².